The molecule has 3 aromatic rings. The fourth-order valence-electron chi connectivity index (χ4n) is 3.45. The van der Waals surface area contributed by atoms with E-state index in [0.717, 1.165) is 11.1 Å². The van der Waals surface area contributed by atoms with Crippen LogP contribution in [0.4, 0.5) is 18.9 Å². The maximum Gasteiger partial charge on any atom is 0.573 e. The molecule has 0 saturated heterocycles. The number of phenolic OH excluding ortho intramolecular Hbond substituents is 1. The molecule has 0 spiro atoms. The van der Waals surface area contributed by atoms with Gasteiger partial charge in [0.1, 0.15) is 17.2 Å². The molecule has 0 bridgehead atoms. The monoisotopic (exact) mass is 469 g/mol. The van der Waals surface area contributed by atoms with Crippen LogP contribution in [0.1, 0.15) is 33.0 Å². The standard InChI is InChI=1S/C26H22F3NO4/c1-16-5-9-23(31)21(13-16)25(32)30-22-15-19(18-6-7-18)8-10-24(22)33-12-11-17-3-2-4-20(14-17)34-26(27,28)29/h2-10,13-15,18,31H,11-12H2,1H3,(H,30,32). The number of hydrogen-bond acceptors (Lipinski definition) is 4. The first-order chi connectivity index (χ1) is 16.2. The average molecular weight is 469 g/mol. The van der Waals surface area contributed by atoms with E-state index in [1.165, 1.54) is 24.3 Å². The molecule has 0 aliphatic heterocycles. The van der Waals surface area contributed by atoms with Crippen molar-refractivity contribution < 1.29 is 32.5 Å². The number of hydrogen-bond donors (Lipinski definition) is 2. The minimum Gasteiger partial charge on any atom is -0.507 e. The Morgan fingerprint density at radius 2 is 1.85 bits per heavy atom. The van der Waals surface area contributed by atoms with Gasteiger partial charge in [0.25, 0.3) is 5.91 Å². The zero-order chi connectivity index (χ0) is 24.3. The SMILES string of the molecule is Cc1ccc(O)c(C(=O)Nc2cc(C3C=C3)ccc2OCCc2cccc(OC(F)(F)F)c2)c1. The average Bonchev–Trinajstić information content (AvgIpc) is 3.61. The molecule has 0 fully saturated rings. The first kappa shape index (κ1) is 23.2. The highest BCUT2D eigenvalue weighted by atomic mass is 19.4. The van der Waals surface area contributed by atoms with Crippen molar-refractivity contribution in [2.75, 3.05) is 11.9 Å². The number of alkyl halides is 3. The number of phenols is 1. The van der Waals surface area contributed by atoms with Crippen LogP contribution in [-0.4, -0.2) is 24.0 Å². The van der Waals surface area contributed by atoms with Crippen LogP contribution in [0.2, 0.25) is 0 Å². The number of carbonyl (C=O) groups excluding carboxylic acids is 1. The first-order valence-electron chi connectivity index (χ1n) is 10.6. The number of carbonyl (C=O) groups is 1. The maximum absolute atomic E-state index is 12.8. The van der Waals surface area contributed by atoms with Gasteiger partial charge in [-0.15, -0.1) is 13.2 Å². The molecule has 0 saturated carbocycles. The van der Waals surface area contributed by atoms with Crippen molar-refractivity contribution in [1.29, 1.82) is 0 Å². The van der Waals surface area contributed by atoms with E-state index in [1.807, 2.05) is 31.2 Å². The van der Waals surface area contributed by atoms with Gasteiger partial charge in [0.2, 0.25) is 0 Å². The number of rotatable bonds is 8. The number of allylic oxidation sites excluding steroid dienone is 2. The molecule has 1 aliphatic rings. The number of amides is 1. The molecule has 8 heteroatoms. The van der Waals surface area contributed by atoms with E-state index in [4.69, 9.17) is 4.74 Å². The lowest BCUT2D eigenvalue weighted by Crippen LogP contribution is -2.17. The van der Waals surface area contributed by atoms with Crippen LogP contribution in [0.5, 0.6) is 17.2 Å². The second-order valence-corrected chi connectivity index (χ2v) is 7.93. The quantitative estimate of drug-likeness (QED) is 0.390. The summed E-state index contributed by atoms with van der Waals surface area (Å²) in [7, 11) is 0. The molecule has 4 rings (SSSR count). The summed E-state index contributed by atoms with van der Waals surface area (Å²) in [5.74, 6) is -0.297. The lowest BCUT2D eigenvalue weighted by Gasteiger charge is -2.15. The van der Waals surface area contributed by atoms with E-state index in [9.17, 15) is 23.1 Å². The highest BCUT2D eigenvalue weighted by Crippen LogP contribution is 2.36. The van der Waals surface area contributed by atoms with Gasteiger partial charge < -0.3 is 19.9 Å². The number of nitrogens with one attached hydrogen (secondary N) is 1. The molecule has 1 aliphatic carbocycles. The summed E-state index contributed by atoms with van der Waals surface area (Å²) < 4.78 is 47.2. The van der Waals surface area contributed by atoms with Gasteiger partial charge in [0.15, 0.2) is 0 Å². The van der Waals surface area contributed by atoms with Gasteiger partial charge in [0, 0.05) is 12.3 Å². The number of benzene rings is 3. The van der Waals surface area contributed by atoms with Gasteiger partial charge in [-0.25, -0.2) is 0 Å². The van der Waals surface area contributed by atoms with E-state index in [-0.39, 0.29) is 29.6 Å². The Balaban J connectivity index is 1.47. The molecule has 0 atom stereocenters. The Hall–Kier alpha value is -3.94. The normalized spacial score (nSPS) is 12.9. The zero-order valence-electron chi connectivity index (χ0n) is 18.2. The molecule has 176 valence electrons. The van der Waals surface area contributed by atoms with E-state index in [1.54, 1.807) is 24.3 Å². The summed E-state index contributed by atoms with van der Waals surface area (Å²) in [6.07, 6.45) is -0.396. The topological polar surface area (TPSA) is 67.8 Å². The van der Waals surface area contributed by atoms with Crippen LogP contribution >= 0.6 is 0 Å². The largest absolute Gasteiger partial charge is 0.573 e. The Kier molecular flexibility index (Phi) is 6.49. The number of anilines is 1. The van der Waals surface area contributed by atoms with E-state index in [2.05, 4.69) is 10.1 Å². The lowest BCUT2D eigenvalue weighted by atomic mass is 10.1. The predicted molar refractivity (Wildman–Crippen MR) is 121 cm³/mol. The van der Waals surface area contributed by atoms with Gasteiger partial charge in [-0.1, -0.05) is 42.0 Å². The minimum atomic E-state index is -4.76. The third kappa shape index (κ3) is 6.10. The third-order valence-electron chi connectivity index (χ3n) is 5.20. The molecule has 0 aromatic heterocycles. The van der Waals surface area contributed by atoms with Crippen molar-refractivity contribution in [3.8, 4) is 17.2 Å². The van der Waals surface area contributed by atoms with Crippen LogP contribution in [-0.2, 0) is 6.42 Å². The maximum atomic E-state index is 12.8. The molecule has 0 heterocycles. The van der Waals surface area contributed by atoms with Crippen molar-refractivity contribution in [2.45, 2.75) is 25.6 Å². The van der Waals surface area contributed by atoms with Crippen molar-refractivity contribution in [3.63, 3.8) is 0 Å². The van der Waals surface area contributed by atoms with Crippen LogP contribution < -0.4 is 14.8 Å². The summed E-state index contributed by atoms with van der Waals surface area (Å²) in [4.78, 5) is 12.8. The Labute approximate surface area is 194 Å². The van der Waals surface area contributed by atoms with Crippen LogP contribution in [0.3, 0.4) is 0 Å². The molecule has 3 aromatic carbocycles. The molecular formula is C26H22F3NO4. The molecular weight excluding hydrogens is 447 g/mol. The number of aryl methyl sites for hydroxylation is 1. The van der Waals surface area contributed by atoms with Crippen molar-refractivity contribution >= 4 is 11.6 Å². The van der Waals surface area contributed by atoms with Gasteiger partial charge >= 0.3 is 6.36 Å². The summed E-state index contributed by atoms with van der Waals surface area (Å²) >= 11 is 0. The van der Waals surface area contributed by atoms with Crippen molar-refractivity contribution in [3.05, 3.63) is 95.1 Å². The molecule has 34 heavy (non-hydrogen) atoms. The Morgan fingerprint density at radius 3 is 2.59 bits per heavy atom. The highest BCUT2D eigenvalue weighted by Gasteiger charge is 2.31. The summed E-state index contributed by atoms with van der Waals surface area (Å²) in [6, 6.07) is 15.9. The van der Waals surface area contributed by atoms with Crippen LogP contribution in [0.25, 0.3) is 0 Å². The second kappa shape index (κ2) is 9.51. The van der Waals surface area contributed by atoms with Gasteiger partial charge in [-0.2, -0.15) is 0 Å². The lowest BCUT2D eigenvalue weighted by molar-refractivity contribution is -0.274. The number of halogens is 3. The molecule has 0 radical (unpaired) electrons. The van der Waals surface area contributed by atoms with E-state index in [0.29, 0.717) is 23.4 Å². The van der Waals surface area contributed by atoms with E-state index < -0.39 is 12.3 Å². The predicted octanol–water partition coefficient (Wildman–Crippen LogP) is 6.13. The van der Waals surface area contributed by atoms with Crippen molar-refractivity contribution in [2.24, 2.45) is 0 Å². The zero-order valence-corrected chi connectivity index (χ0v) is 18.2. The minimum absolute atomic E-state index is 0.133. The number of ether oxygens (including phenoxy) is 2. The van der Waals surface area contributed by atoms with Gasteiger partial charge in [-0.3, -0.25) is 4.79 Å². The first-order valence-corrected chi connectivity index (χ1v) is 10.6. The van der Waals surface area contributed by atoms with E-state index >= 15 is 0 Å². The fourth-order valence-corrected chi connectivity index (χ4v) is 3.45. The van der Waals surface area contributed by atoms with Gasteiger partial charge in [-0.05, 0) is 54.4 Å². The second-order valence-electron chi connectivity index (χ2n) is 7.93. The third-order valence-corrected chi connectivity index (χ3v) is 5.20. The Morgan fingerprint density at radius 1 is 1.06 bits per heavy atom. The highest BCUT2D eigenvalue weighted by molar-refractivity contribution is 6.07. The summed E-state index contributed by atoms with van der Waals surface area (Å²) in [5, 5.41) is 12.9. The number of aromatic hydroxyl groups is 1. The van der Waals surface area contributed by atoms with Crippen LogP contribution in [0, 0.1) is 6.92 Å². The summed E-state index contributed by atoms with van der Waals surface area (Å²) in [5.41, 5.74) is 2.99. The summed E-state index contributed by atoms with van der Waals surface area (Å²) in [6.45, 7) is 1.98. The van der Waals surface area contributed by atoms with Gasteiger partial charge in [0.05, 0.1) is 17.9 Å². The van der Waals surface area contributed by atoms with Crippen LogP contribution in [0.15, 0.2) is 72.8 Å². The Bertz CT molecular complexity index is 1230. The fraction of sp³-hybridized carbons (Fsp3) is 0.192. The molecule has 0 unspecified atom stereocenters. The molecule has 5 nitrogen and oxygen atoms in total. The van der Waals surface area contributed by atoms with Crippen molar-refractivity contribution in [1.82, 2.24) is 0 Å². The molecule has 2 N–H and O–H groups in total. The molecule has 1 amide bonds. The smallest absolute Gasteiger partial charge is 0.507 e.